The average molecular weight is 415 g/mol. The number of carbonyl (C=O) groups excluding carboxylic acids is 2. The number of benzene rings is 1. The molecule has 1 aromatic rings. The maximum atomic E-state index is 12.3. The maximum absolute atomic E-state index is 12.3. The average Bonchev–Trinajstić information content (AvgIpc) is 2.74. The third kappa shape index (κ3) is 8.05. The summed E-state index contributed by atoms with van der Waals surface area (Å²) in [7, 11) is 0. The van der Waals surface area contributed by atoms with Gasteiger partial charge in [0.05, 0.1) is 23.1 Å². The maximum Gasteiger partial charge on any atom is 0.238 e. The minimum atomic E-state index is -0.225. The van der Waals surface area contributed by atoms with E-state index in [0.717, 1.165) is 32.6 Å². The van der Waals surface area contributed by atoms with E-state index in [1.54, 1.807) is 18.2 Å². The van der Waals surface area contributed by atoms with Crippen LogP contribution in [0.3, 0.4) is 0 Å². The highest BCUT2D eigenvalue weighted by Gasteiger charge is 2.20. The molecule has 2 amide bonds. The van der Waals surface area contributed by atoms with Gasteiger partial charge in [-0.3, -0.25) is 19.4 Å². The summed E-state index contributed by atoms with van der Waals surface area (Å²) in [6, 6.07) is 5.02. The van der Waals surface area contributed by atoms with E-state index in [2.05, 4.69) is 20.4 Å². The molecule has 0 unspecified atom stereocenters. The fourth-order valence-corrected chi connectivity index (χ4v) is 3.28. The van der Waals surface area contributed by atoms with Crippen LogP contribution in [0.15, 0.2) is 18.2 Å². The van der Waals surface area contributed by atoms with Gasteiger partial charge in [0.1, 0.15) is 0 Å². The molecule has 0 radical (unpaired) electrons. The van der Waals surface area contributed by atoms with Gasteiger partial charge in [0.2, 0.25) is 11.8 Å². The number of anilines is 1. The van der Waals surface area contributed by atoms with Gasteiger partial charge in [0, 0.05) is 24.3 Å². The van der Waals surface area contributed by atoms with E-state index in [1.807, 2.05) is 20.8 Å². The van der Waals surface area contributed by atoms with Crippen LogP contribution >= 0.6 is 23.2 Å². The van der Waals surface area contributed by atoms with Crippen LogP contribution < -0.4 is 10.6 Å². The Morgan fingerprint density at radius 2 is 1.56 bits per heavy atom. The molecule has 1 saturated heterocycles. The fourth-order valence-electron chi connectivity index (χ4n) is 2.98. The van der Waals surface area contributed by atoms with Crippen molar-refractivity contribution < 1.29 is 9.59 Å². The number of nitrogens with one attached hydrogen (secondary N) is 2. The highest BCUT2D eigenvalue weighted by molar-refractivity contribution is 6.42. The molecule has 2 rings (SSSR count). The largest absolute Gasteiger partial charge is 0.350 e. The van der Waals surface area contributed by atoms with Gasteiger partial charge in [-0.2, -0.15) is 0 Å². The Hall–Kier alpha value is -1.34. The molecule has 1 aromatic carbocycles. The summed E-state index contributed by atoms with van der Waals surface area (Å²) in [6.45, 7) is 9.80. The normalized spacial score (nSPS) is 16.6. The summed E-state index contributed by atoms with van der Waals surface area (Å²) in [5, 5.41) is 6.70. The Morgan fingerprint density at radius 3 is 2.11 bits per heavy atom. The number of carbonyl (C=O) groups is 2. The molecule has 0 aromatic heterocycles. The lowest BCUT2D eigenvalue weighted by Gasteiger charge is -2.25. The summed E-state index contributed by atoms with van der Waals surface area (Å²) >= 11 is 11.9. The van der Waals surface area contributed by atoms with Gasteiger partial charge < -0.3 is 10.6 Å². The molecular weight excluding hydrogens is 387 g/mol. The Morgan fingerprint density at radius 1 is 0.963 bits per heavy atom. The molecule has 150 valence electrons. The van der Waals surface area contributed by atoms with Crippen LogP contribution in [0.5, 0.6) is 0 Å². The number of hydrogen-bond donors (Lipinski definition) is 2. The lowest BCUT2D eigenvalue weighted by Crippen LogP contribution is -2.46. The van der Waals surface area contributed by atoms with Gasteiger partial charge in [-0.15, -0.1) is 0 Å². The minimum Gasteiger partial charge on any atom is -0.350 e. The zero-order valence-corrected chi connectivity index (χ0v) is 17.7. The molecular formula is C19H28Cl2N4O2. The Labute approximate surface area is 171 Å². The summed E-state index contributed by atoms with van der Waals surface area (Å²) in [5.74, 6) is -0.0550. The first-order chi connectivity index (χ1) is 12.6. The molecule has 1 heterocycles. The van der Waals surface area contributed by atoms with Crippen molar-refractivity contribution >= 4 is 40.7 Å². The van der Waals surface area contributed by atoms with E-state index in [1.165, 1.54) is 0 Å². The summed E-state index contributed by atoms with van der Waals surface area (Å²) in [5.41, 5.74) is 0.405. The SMILES string of the molecule is CC(C)(C)NC(=O)CN1CCCN(CC(=O)Nc2ccc(Cl)c(Cl)c2)CC1. The minimum absolute atomic E-state index is 0.0355. The van der Waals surface area contributed by atoms with Crippen molar-refractivity contribution in [1.29, 1.82) is 0 Å². The summed E-state index contributed by atoms with van der Waals surface area (Å²) < 4.78 is 0. The van der Waals surface area contributed by atoms with Crippen LogP contribution in [-0.4, -0.2) is 66.4 Å². The second kappa shape index (κ2) is 9.73. The molecule has 1 aliphatic heterocycles. The lowest BCUT2D eigenvalue weighted by atomic mass is 10.1. The standard InChI is InChI=1S/C19H28Cl2N4O2/c1-19(2,3)23-18(27)13-25-8-4-7-24(9-10-25)12-17(26)22-14-5-6-15(20)16(21)11-14/h5-6,11H,4,7-10,12-13H2,1-3H3,(H,22,26)(H,23,27). The van der Waals surface area contributed by atoms with Crippen molar-refractivity contribution in [2.45, 2.75) is 32.7 Å². The van der Waals surface area contributed by atoms with Crippen LogP contribution in [0.4, 0.5) is 5.69 Å². The van der Waals surface area contributed by atoms with E-state index in [9.17, 15) is 9.59 Å². The molecule has 8 heteroatoms. The Kier molecular flexibility index (Phi) is 7.91. The van der Waals surface area contributed by atoms with Crippen LogP contribution in [0, 0.1) is 0 Å². The van der Waals surface area contributed by atoms with E-state index in [-0.39, 0.29) is 17.4 Å². The first-order valence-electron chi connectivity index (χ1n) is 9.13. The molecule has 0 saturated carbocycles. The summed E-state index contributed by atoms with van der Waals surface area (Å²) in [6.07, 6.45) is 0.919. The zero-order chi connectivity index (χ0) is 20.0. The van der Waals surface area contributed by atoms with Crippen LogP contribution in [0.25, 0.3) is 0 Å². The Bertz CT molecular complexity index is 676. The van der Waals surface area contributed by atoms with Crippen molar-refractivity contribution in [2.24, 2.45) is 0 Å². The van der Waals surface area contributed by atoms with Gasteiger partial charge in [0.15, 0.2) is 0 Å². The highest BCUT2D eigenvalue weighted by Crippen LogP contribution is 2.24. The lowest BCUT2D eigenvalue weighted by molar-refractivity contribution is -0.123. The van der Waals surface area contributed by atoms with E-state index < -0.39 is 0 Å². The van der Waals surface area contributed by atoms with Gasteiger partial charge in [-0.1, -0.05) is 23.2 Å². The fraction of sp³-hybridized carbons (Fsp3) is 0.579. The van der Waals surface area contributed by atoms with Gasteiger partial charge in [0.25, 0.3) is 0 Å². The number of halogens is 2. The monoisotopic (exact) mass is 414 g/mol. The van der Waals surface area contributed by atoms with E-state index in [4.69, 9.17) is 23.2 Å². The molecule has 1 aliphatic rings. The van der Waals surface area contributed by atoms with Crippen molar-refractivity contribution in [3.8, 4) is 0 Å². The molecule has 0 bridgehead atoms. The third-order valence-corrected chi connectivity index (χ3v) is 4.87. The second-order valence-corrected chi connectivity index (χ2v) is 8.70. The van der Waals surface area contributed by atoms with Crippen LogP contribution in [-0.2, 0) is 9.59 Å². The predicted molar refractivity (Wildman–Crippen MR) is 110 cm³/mol. The van der Waals surface area contributed by atoms with Crippen LogP contribution in [0.1, 0.15) is 27.2 Å². The molecule has 6 nitrogen and oxygen atoms in total. The summed E-state index contributed by atoms with van der Waals surface area (Å²) in [4.78, 5) is 28.6. The first kappa shape index (κ1) is 22.0. The van der Waals surface area contributed by atoms with Crippen LogP contribution in [0.2, 0.25) is 10.0 Å². The van der Waals surface area contributed by atoms with Gasteiger partial charge in [-0.25, -0.2) is 0 Å². The number of nitrogens with zero attached hydrogens (tertiary/aromatic N) is 2. The molecule has 0 spiro atoms. The molecule has 0 aliphatic carbocycles. The van der Waals surface area contributed by atoms with Gasteiger partial charge in [-0.05, 0) is 58.5 Å². The number of amides is 2. The van der Waals surface area contributed by atoms with Crippen molar-refractivity contribution in [2.75, 3.05) is 44.6 Å². The van der Waals surface area contributed by atoms with Crippen molar-refractivity contribution in [3.05, 3.63) is 28.2 Å². The highest BCUT2D eigenvalue weighted by atomic mass is 35.5. The smallest absolute Gasteiger partial charge is 0.238 e. The van der Waals surface area contributed by atoms with Crippen molar-refractivity contribution in [3.63, 3.8) is 0 Å². The molecule has 1 fully saturated rings. The second-order valence-electron chi connectivity index (χ2n) is 7.88. The number of hydrogen-bond acceptors (Lipinski definition) is 4. The molecule has 0 atom stereocenters. The molecule has 27 heavy (non-hydrogen) atoms. The van der Waals surface area contributed by atoms with E-state index >= 15 is 0 Å². The van der Waals surface area contributed by atoms with Crippen molar-refractivity contribution in [1.82, 2.24) is 15.1 Å². The molecule has 2 N–H and O–H groups in total. The third-order valence-electron chi connectivity index (χ3n) is 4.13. The first-order valence-corrected chi connectivity index (χ1v) is 9.88. The van der Waals surface area contributed by atoms with E-state index in [0.29, 0.717) is 28.8 Å². The topological polar surface area (TPSA) is 64.7 Å². The number of rotatable bonds is 5. The quantitative estimate of drug-likeness (QED) is 0.777. The van der Waals surface area contributed by atoms with Gasteiger partial charge >= 0.3 is 0 Å². The predicted octanol–water partition coefficient (Wildman–Crippen LogP) is 2.85. The zero-order valence-electron chi connectivity index (χ0n) is 16.1. The Balaban J connectivity index is 1.79.